The van der Waals surface area contributed by atoms with E-state index in [4.69, 9.17) is 4.74 Å². The summed E-state index contributed by atoms with van der Waals surface area (Å²) in [5.74, 6) is 0.162. The first-order chi connectivity index (χ1) is 13.6. The number of hydrogen-bond acceptors (Lipinski definition) is 7. The van der Waals surface area contributed by atoms with Crippen LogP contribution in [0.4, 0.5) is 14.5 Å². The maximum Gasteiger partial charge on any atom is 0.291 e. The number of amides is 1. The van der Waals surface area contributed by atoms with E-state index in [0.717, 1.165) is 5.69 Å². The Bertz CT molecular complexity index is 959. The van der Waals surface area contributed by atoms with Crippen molar-refractivity contribution in [2.75, 3.05) is 37.7 Å². The van der Waals surface area contributed by atoms with E-state index >= 15 is 0 Å². The lowest BCUT2D eigenvalue weighted by molar-refractivity contribution is 0.0734. The van der Waals surface area contributed by atoms with E-state index in [1.54, 1.807) is 11.0 Å². The highest BCUT2D eigenvalue weighted by atomic mass is 19.3. The molecule has 146 valence electrons. The molecule has 2 aromatic heterocycles. The summed E-state index contributed by atoms with van der Waals surface area (Å²) in [4.78, 5) is 28.2. The van der Waals surface area contributed by atoms with Crippen LogP contribution in [0.15, 0.2) is 30.9 Å². The number of carbonyl (C=O) groups excluding carboxylic acids is 1. The van der Waals surface area contributed by atoms with Gasteiger partial charge in [-0.2, -0.15) is 5.10 Å². The summed E-state index contributed by atoms with van der Waals surface area (Å²) in [6.45, 7) is 1.56. The number of benzene rings is 1. The Balaban J connectivity index is 1.49. The van der Waals surface area contributed by atoms with Crippen molar-refractivity contribution in [3.05, 3.63) is 36.7 Å². The fourth-order valence-corrected chi connectivity index (χ4v) is 3.10. The van der Waals surface area contributed by atoms with Crippen molar-refractivity contribution in [3.8, 4) is 5.88 Å². The Morgan fingerprint density at radius 1 is 1.14 bits per heavy atom. The van der Waals surface area contributed by atoms with Crippen molar-refractivity contribution < 1.29 is 18.3 Å². The van der Waals surface area contributed by atoms with Crippen LogP contribution in [0.1, 0.15) is 10.6 Å². The molecule has 1 saturated heterocycles. The predicted molar refractivity (Wildman–Crippen MR) is 95.5 cm³/mol. The van der Waals surface area contributed by atoms with Crippen LogP contribution in [0.25, 0.3) is 10.9 Å². The van der Waals surface area contributed by atoms with E-state index in [2.05, 4.69) is 30.0 Å². The molecule has 0 bridgehead atoms. The number of fused-ring (bicyclic) bond motifs is 1. The van der Waals surface area contributed by atoms with Crippen LogP contribution in [0.2, 0.25) is 0 Å². The summed E-state index contributed by atoms with van der Waals surface area (Å²) in [6, 6.07) is 5.53. The average Bonchev–Trinajstić information content (AvgIpc) is 3.26. The molecule has 1 aliphatic rings. The minimum Gasteiger partial charge on any atom is -0.471 e. The SMILES string of the molecule is O=C(c1ncn[nH]1)N1CCN(c2ccc3ncnc(OCC(F)F)c3c2)CC1. The number of anilines is 1. The molecule has 0 radical (unpaired) electrons. The lowest BCUT2D eigenvalue weighted by Gasteiger charge is -2.35. The predicted octanol–water partition coefficient (Wildman–Crippen LogP) is 1.35. The lowest BCUT2D eigenvalue weighted by Crippen LogP contribution is -2.49. The molecule has 1 amide bonds. The van der Waals surface area contributed by atoms with Gasteiger partial charge in [-0.15, -0.1) is 0 Å². The third kappa shape index (κ3) is 3.68. The van der Waals surface area contributed by atoms with E-state index in [9.17, 15) is 13.6 Å². The average molecular weight is 389 g/mol. The zero-order valence-electron chi connectivity index (χ0n) is 14.8. The second kappa shape index (κ2) is 7.71. The van der Waals surface area contributed by atoms with Gasteiger partial charge in [0.05, 0.1) is 10.9 Å². The van der Waals surface area contributed by atoms with Crippen LogP contribution in [0, 0.1) is 0 Å². The minimum absolute atomic E-state index is 0.131. The summed E-state index contributed by atoms with van der Waals surface area (Å²) < 4.78 is 30.1. The topological polar surface area (TPSA) is 100 Å². The van der Waals surface area contributed by atoms with E-state index in [1.807, 2.05) is 12.1 Å². The highest BCUT2D eigenvalue weighted by Gasteiger charge is 2.24. The number of carbonyl (C=O) groups is 1. The fraction of sp³-hybridized carbons (Fsp3) is 0.353. The van der Waals surface area contributed by atoms with Crippen molar-refractivity contribution in [2.45, 2.75) is 6.43 Å². The smallest absolute Gasteiger partial charge is 0.291 e. The first-order valence-electron chi connectivity index (χ1n) is 8.67. The van der Waals surface area contributed by atoms with Crippen LogP contribution < -0.4 is 9.64 Å². The number of nitrogens with one attached hydrogen (secondary N) is 1. The second-order valence-corrected chi connectivity index (χ2v) is 6.20. The molecular formula is C17H17F2N7O2. The molecule has 1 N–H and O–H groups in total. The summed E-state index contributed by atoms with van der Waals surface area (Å²) in [6.07, 6.45) is 0.00791. The molecule has 0 unspecified atom stereocenters. The number of hydrogen-bond donors (Lipinski definition) is 1. The van der Waals surface area contributed by atoms with Crippen LogP contribution in [0.3, 0.4) is 0 Å². The first-order valence-corrected chi connectivity index (χ1v) is 8.67. The van der Waals surface area contributed by atoms with Crippen molar-refractivity contribution in [1.82, 2.24) is 30.0 Å². The van der Waals surface area contributed by atoms with Gasteiger partial charge in [-0.25, -0.2) is 23.7 Å². The number of aromatic amines is 1. The quantitative estimate of drug-likeness (QED) is 0.703. The molecule has 1 aromatic carbocycles. The normalized spacial score (nSPS) is 14.7. The van der Waals surface area contributed by atoms with Gasteiger partial charge in [-0.05, 0) is 18.2 Å². The zero-order valence-corrected chi connectivity index (χ0v) is 14.8. The third-order valence-corrected chi connectivity index (χ3v) is 4.48. The monoisotopic (exact) mass is 389 g/mol. The van der Waals surface area contributed by atoms with E-state index < -0.39 is 13.0 Å². The van der Waals surface area contributed by atoms with E-state index in [0.29, 0.717) is 37.1 Å². The second-order valence-electron chi connectivity index (χ2n) is 6.20. The van der Waals surface area contributed by atoms with Gasteiger partial charge >= 0.3 is 0 Å². The van der Waals surface area contributed by atoms with Crippen molar-refractivity contribution >= 4 is 22.5 Å². The molecule has 0 spiro atoms. The van der Waals surface area contributed by atoms with Gasteiger partial charge in [-0.3, -0.25) is 9.89 Å². The third-order valence-electron chi connectivity index (χ3n) is 4.48. The van der Waals surface area contributed by atoms with Crippen molar-refractivity contribution in [3.63, 3.8) is 0 Å². The Kier molecular flexibility index (Phi) is 4.96. The maximum atomic E-state index is 12.5. The Hall–Kier alpha value is -3.37. The molecular weight excluding hydrogens is 372 g/mol. The molecule has 3 heterocycles. The number of piperazine rings is 1. The minimum atomic E-state index is -2.58. The van der Waals surface area contributed by atoms with Gasteiger partial charge in [0.2, 0.25) is 11.7 Å². The highest BCUT2D eigenvalue weighted by Crippen LogP contribution is 2.27. The van der Waals surface area contributed by atoms with Crippen LogP contribution in [-0.2, 0) is 0 Å². The first kappa shape index (κ1) is 18.0. The molecule has 0 saturated carbocycles. The standard InChI is InChI=1S/C17H17F2N7O2/c18-14(19)8-28-16-12-7-11(1-2-13(12)20-9-22-16)25-3-5-26(6-4-25)17(27)15-21-10-23-24-15/h1-2,7,9-10,14H,3-6,8H2,(H,21,23,24). The molecule has 3 aromatic rings. The maximum absolute atomic E-state index is 12.5. The molecule has 1 aliphatic heterocycles. The summed E-state index contributed by atoms with van der Waals surface area (Å²) in [5, 5.41) is 6.85. The van der Waals surface area contributed by atoms with E-state index in [-0.39, 0.29) is 17.6 Å². The van der Waals surface area contributed by atoms with Crippen molar-refractivity contribution in [1.29, 1.82) is 0 Å². The molecule has 28 heavy (non-hydrogen) atoms. The zero-order chi connectivity index (χ0) is 19.5. The Labute approximate surface area is 158 Å². The molecule has 4 rings (SSSR count). The largest absolute Gasteiger partial charge is 0.471 e. The Morgan fingerprint density at radius 2 is 1.96 bits per heavy atom. The number of aromatic nitrogens is 5. The Morgan fingerprint density at radius 3 is 2.68 bits per heavy atom. The molecule has 9 nitrogen and oxygen atoms in total. The molecule has 0 aliphatic carbocycles. The number of rotatable bonds is 5. The lowest BCUT2D eigenvalue weighted by atomic mass is 10.2. The van der Waals surface area contributed by atoms with Gasteiger partial charge in [-0.1, -0.05) is 0 Å². The van der Waals surface area contributed by atoms with Gasteiger partial charge in [0.25, 0.3) is 12.3 Å². The van der Waals surface area contributed by atoms with Gasteiger partial charge in [0.1, 0.15) is 12.7 Å². The number of H-pyrrole nitrogens is 1. The number of alkyl halides is 2. The number of ether oxygens (including phenoxy) is 1. The fourth-order valence-electron chi connectivity index (χ4n) is 3.10. The van der Waals surface area contributed by atoms with Gasteiger partial charge < -0.3 is 14.5 Å². The molecule has 1 fully saturated rings. The molecule has 11 heteroatoms. The van der Waals surface area contributed by atoms with E-state index in [1.165, 1.54) is 12.7 Å². The van der Waals surface area contributed by atoms with Gasteiger partial charge in [0.15, 0.2) is 6.61 Å². The summed E-state index contributed by atoms with van der Waals surface area (Å²) >= 11 is 0. The van der Waals surface area contributed by atoms with Crippen LogP contribution in [0.5, 0.6) is 5.88 Å². The van der Waals surface area contributed by atoms with Crippen LogP contribution in [-0.4, -0.2) is 75.2 Å². The van der Waals surface area contributed by atoms with Crippen LogP contribution >= 0.6 is 0 Å². The number of nitrogens with zero attached hydrogens (tertiary/aromatic N) is 6. The summed E-state index contributed by atoms with van der Waals surface area (Å²) in [5.41, 5.74) is 1.50. The molecule has 0 atom stereocenters. The van der Waals surface area contributed by atoms with Gasteiger partial charge in [0, 0.05) is 31.9 Å². The highest BCUT2D eigenvalue weighted by molar-refractivity contribution is 5.90. The summed E-state index contributed by atoms with van der Waals surface area (Å²) in [7, 11) is 0. The van der Waals surface area contributed by atoms with Crippen molar-refractivity contribution in [2.24, 2.45) is 0 Å². The number of halogens is 2.